The Bertz CT molecular complexity index is 526. The molecule has 1 aliphatic rings. The fourth-order valence-electron chi connectivity index (χ4n) is 2.16. The van der Waals surface area contributed by atoms with Gasteiger partial charge in [-0.1, -0.05) is 12.1 Å². The molecule has 1 atom stereocenters. The molecule has 0 radical (unpaired) electrons. The largest absolute Gasteiger partial charge is 0.484 e. The van der Waals surface area contributed by atoms with Crippen LogP contribution in [0.3, 0.4) is 0 Å². The van der Waals surface area contributed by atoms with E-state index in [9.17, 15) is 18.0 Å². The van der Waals surface area contributed by atoms with Gasteiger partial charge < -0.3 is 15.4 Å². The summed E-state index contributed by atoms with van der Waals surface area (Å²) < 4.78 is 41.1. The predicted molar refractivity (Wildman–Crippen MR) is 90.8 cm³/mol. The molecule has 1 unspecified atom stereocenters. The summed E-state index contributed by atoms with van der Waals surface area (Å²) in [4.78, 5) is 11.9. The van der Waals surface area contributed by atoms with Gasteiger partial charge >= 0.3 is 6.18 Å². The van der Waals surface area contributed by atoms with E-state index in [1.807, 2.05) is 11.8 Å². The third-order valence-electron chi connectivity index (χ3n) is 3.22. The predicted octanol–water partition coefficient (Wildman–Crippen LogP) is 2.76. The first-order valence-electron chi connectivity index (χ1n) is 7.29. The van der Waals surface area contributed by atoms with Crippen molar-refractivity contribution < 1.29 is 22.7 Å². The normalized spacial score (nSPS) is 17.7. The number of benzene rings is 1. The van der Waals surface area contributed by atoms with Gasteiger partial charge in [-0.25, -0.2) is 0 Å². The molecule has 1 amide bonds. The highest BCUT2D eigenvalue weighted by Gasteiger charge is 2.28. The first-order valence-corrected chi connectivity index (χ1v) is 8.44. The minimum atomic E-state index is -4.37. The summed E-state index contributed by atoms with van der Waals surface area (Å²) in [5.41, 5.74) is 0.698. The lowest BCUT2D eigenvalue weighted by atomic mass is 10.2. The van der Waals surface area contributed by atoms with Crippen LogP contribution >= 0.6 is 24.2 Å². The van der Waals surface area contributed by atoms with Gasteiger partial charge in [0.05, 0.1) is 0 Å². The number of halogens is 4. The van der Waals surface area contributed by atoms with Crippen LogP contribution in [-0.4, -0.2) is 42.8 Å². The number of rotatable bonds is 6. The summed E-state index contributed by atoms with van der Waals surface area (Å²) in [6, 6.07) is 6.47. The van der Waals surface area contributed by atoms with Crippen LogP contribution in [0.5, 0.6) is 5.75 Å². The number of alkyl halides is 3. The van der Waals surface area contributed by atoms with E-state index in [0.717, 1.165) is 18.1 Å². The summed E-state index contributed by atoms with van der Waals surface area (Å²) in [7, 11) is 0. The molecule has 9 heteroatoms. The first kappa shape index (κ1) is 20.9. The molecule has 0 bridgehead atoms. The van der Waals surface area contributed by atoms with Gasteiger partial charge in [0.25, 0.3) is 0 Å². The van der Waals surface area contributed by atoms with Crippen LogP contribution in [0.2, 0.25) is 0 Å². The fourth-order valence-corrected chi connectivity index (χ4v) is 3.11. The van der Waals surface area contributed by atoms with E-state index in [1.54, 1.807) is 12.1 Å². The van der Waals surface area contributed by atoms with E-state index in [1.165, 1.54) is 12.1 Å². The summed E-state index contributed by atoms with van der Waals surface area (Å²) in [6.45, 7) is -0.156. The summed E-state index contributed by atoms with van der Waals surface area (Å²) >= 11 is 1.82. The second-order valence-electron chi connectivity index (χ2n) is 5.26. The van der Waals surface area contributed by atoms with Crippen LogP contribution in [0.15, 0.2) is 24.3 Å². The number of nitrogens with one attached hydrogen (secondary N) is 2. The SMILES string of the molecule is Cl.O=C(CC1CSCCN1)NCc1cccc(OCC(F)(F)F)c1. The highest BCUT2D eigenvalue weighted by molar-refractivity contribution is 7.99. The summed E-state index contributed by atoms with van der Waals surface area (Å²) in [5, 5.41) is 6.06. The zero-order valence-electron chi connectivity index (χ0n) is 12.9. The standard InChI is InChI=1S/C15H19F3N2O2S.ClH/c16-15(17,18)10-22-13-3-1-2-11(6-13)8-20-14(21)7-12-9-23-5-4-19-12;/h1-3,6,12,19H,4-5,7-10H2,(H,20,21);1H. The van der Waals surface area contributed by atoms with Gasteiger partial charge in [0.1, 0.15) is 5.75 Å². The molecule has 24 heavy (non-hydrogen) atoms. The lowest BCUT2D eigenvalue weighted by molar-refractivity contribution is -0.153. The van der Waals surface area contributed by atoms with Crippen LogP contribution in [0, 0.1) is 0 Å². The molecule has 0 spiro atoms. The zero-order chi connectivity index (χ0) is 16.7. The number of carbonyl (C=O) groups is 1. The van der Waals surface area contributed by atoms with Crippen molar-refractivity contribution in [1.82, 2.24) is 10.6 Å². The Morgan fingerprint density at radius 3 is 2.88 bits per heavy atom. The van der Waals surface area contributed by atoms with Crippen LogP contribution in [0.25, 0.3) is 0 Å². The Morgan fingerprint density at radius 2 is 2.21 bits per heavy atom. The maximum Gasteiger partial charge on any atom is 0.422 e. The molecular formula is C15H20ClF3N2O2S. The Hall–Kier alpha value is -1.12. The Kier molecular flexibility index (Phi) is 8.72. The van der Waals surface area contributed by atoms with Crippen molar-refractivity contribution in [1.29, 1.82) is 0 Å². The summed E-state index contributed by atoms with van der Waals surface area (Å²) in [6.07, 6.45) is -3.97. The maximum absolute atomic E-state index is 12.1. The molecule has 2 N–H and O–H groups in total. The monoisotopic (exact) mass is 384 g/mol. The lowest BCUT2D eigenvalue weighted by Crippen LogP contribution is -2.41. The molecule has 2 rings (SSSR count). The fraction of sp³-hybridized carbons (Fsp3) is 0.533. The molecule has 1 aromatic rings. The quantitative estimate of drug-likeness (QED) is 0.792. The van der Waals surface area contributed by atoms with Gasteiger partial charge in [-0.2, -0.15) is 24.9 Å². The van der Waals surface area contributed by atoms with Crippen molar-refractivity contribution in [3.8, 4) is 5.75 Å². The van der Waals surface area contributed by atoms with Crippen molar-refractivity contribution >= 4 is 30.1 Å². The minimum absolute atomic E-state index is 0. The van der Waals surface area contributed by atoms with Crippen molar-refractivity contribution in [2.75, 3.05) is 24.7 Å². The molecular weight excluding hydrogens is 365 g/mol. The van der Waals surface area contributed by atoms with E-state index >= 15 is 0 Å². The second-order valence-corrected chi connectivity index (χ2v) is 6.41. The topological polar surface area (TPSA) is 50.4 Å². The van der Waals surface area contributed by atoms with Crippen molar-refractivity contribution in [3.05, 3.63) is 29.8 Å². The number of ether oxygens (including phenoxy) is 1. The number of carbonyl (C=O) groups excluding carboxylic acids is 1. The lowest BCUT2D eigenvalue weighted by Gasteiger charge is -2.22. The molecule has 4 nitrogen and oxygen atoms in total. The average Bonchev–Trinajstić information content (AvgIpc) is 2.52. The highest BCUT2D eigenvalue weighted by Crippen LogP contribution is 2.19. The molecule has 1 fully saturated rings. The number of hydrogen-bond acceptors (Lipinski definition) is 4. The van der Waals surface area contributed by atoms with Gasteiger partial charge in [0, 0.05) is 37.1 Å². The van der Waals surface area contributed by atoms with E-state index < -0.39 is 12.8 Å². The van der Waals surface area contributed by atoms with Gasteiger partial charge in [0.2, 0.25) is 5.91 Å². The van der Waals surface area contributed by atoms with E-state index in [4.69, 9.17) is 0 Å². The van der Waals surface area contributed by atoms with E-state index in [0.29, 0.717) is 12.0 Å². The smallest absolute Gasteiger partial charge is 0.422 e. The van der Waals surface area contributed by atoms with Crippen LogP contribution in [0.4, 0.5) is 13.2 Å². The molecule has 1 aromatic carbocycles. The van der Waals surface area contributed by atoms with Gasteiger partial charge in [0.15, 0.2) is 6.61 Å². The average molecular weight is 385 g/mol. The minimum Gasteiger partial charge on any atom is -0.484 e. The van der Waals surface area contributed by atoms with Crippen molar-refractivity contribution in [2.45, 2.75) is 25.2 Å². The third kappa shape index (κ3) is 8.12. The van der Waals surface area contributed by atoms with Gasteiger partial charge in [-0.15, -0.1) is 12.4 Å². The van der Waals surface area contributed by atoms with Gasteiger partial charge in [-0.3, -0.25) is 4.79 Å². The summed E-state index contributed by atoms with van der Waals surface area (Å²) in [5.74, 6) is 2.03. The van der Waals surface area contributed by atoms with Crippen LogP contribution in [-0.2, 0) is 11.3 Å². The Labute approximate surface area is 149 Å². The van der Waals surface area contributed by atoms with Crippen LogP contribution < -0.4 is 15.4 Å². The van der Waals surface area contributed by atoms with Crippen molar-refractivity contribution in [3.63, 3.8) is 0 Å². The molecule has 0 aromatic heterocycles. The Morgan fingerprint density at radius 1 is 1.42 bits per heavy atom. The van der Waals surface area contributed by atoms with Crippen LogP contribution in [0.1, 0.15) is 12.0 Å². The molecule has 1 heterocycles. The molecule has 0 aliphatic carbocycles. The first-order chi connectivity index (χ1) is 10.9. The molecule has 0 saturated carbocycles. The van der Waals surface area contributed by atoms with Crippen molar-refractivity contribution in [2.24, 2.45) is 0 Å². The Balaban J connectivity index is 0.00000288. The molecule has 1 saturated heterocycles. The molecule has 136 valence electrons. The number of amides is 1. The number of thioether (sulfide) groups is 1. The highest BCUT2D eigenvalue weighted by atomic mass is 35.5. The van der Waals surface area contributed by atoms with Gasteiger partial charge in [-0.05, 0) is 17.7 Å². The second kappa shape index (κ2) is 10.0. The maximum atomic E-state index is 12.1. The molecule has 1 aliphatic heterocycles. The van der Waals surface area contributed by atoms with E-state index in [-0.39, 0.29) is 36.7 Å². The van der Waals surface area contributed by atoms with E-state index in [2.05, 4.69) is 15.4 Å². The zero-order valence-corrected chi connectivity index (χ0v) is 14.5. The number of hydrogen-bond donors (Lipinski definition) is 2. The third-order valence-corrected chi connectivity index (χ3v) is 4.35.